The molecule has 0 fully saturated rings. The first-order chi connectivity index (χ1) is 15.2. The summed E-state index contributed by atoms with van der Waals surface area (Å²) < 4.78 is 10.6. The Balaban J connectivity index is 1.33. The Kier molecular flexibility index (Phi) is 5.11. The molecule has 1 aliphatic rings. The number of hydrogen-bond donors (Lipinski definition) is 2. The fourth-order valence-corrected chi connectivity index (χ4v) is 4.56. The van der Waals surface area contributed by atoms with Crippen LogP contribution in [-0.2, 0) is 0 Å². The minimum atomic E-state index is -0.374. The summed E-state index contributed by atoms with van der Waals surface area (Å²) in [6.45, 7) is 0.159. The molecule has 0 saturated carbocycles. The topological polar surface area (TPSA) is 89.6 Å². The van der Waals surface area contributed by atoms with Crippen LogP contribution in [0.4, 0.5) is 11.4 Å². The number of rotatable bonds is 5. The second kappa shape index (κ2) is 8.21. The predicted molar refractivity (Wildman–Crippen MR) is 120 cm³/mol. The number of thiazole rings is 1. The molecule has 2 amide bonds. The highest BCUT2D eigenvalue weighted by molar-refractivity contribution is 7.14. The lowest BCUT2D eigenvalue weighted by Crippen LogP contribution is -2.18. The number of hydrogen-bond acceptors (Lipinski definition) is 7. The summed E-state index contributed by atoms with van der Waals surface area (Å²) in [5.41, 5.74) is 2.59. The maximum Gasteiger partial charge on any atom is 0.275 e. The number of thiophene rings is 1. The van der Waals surface area contributed by atoms with Gasteiger partial charge in [0.05, 0.1) is 11.3 Å². The van der Waals surface area contributed by atoms with E-state index < -0.39 is 0 Å². The molecule has 31 heavy (non-hydrogen) atoms. The van der Waals surface area contributed by atoms with Crippen molar-refractivity contribution in [3.8, 4) is 22.1 Å². The quantitative estimate of drug-likeness (QED) is 0.442. The van der Waals surface area contributed by atoms with Crippen LogP contribution in [0, 0.1) is 0 Å². The van der Waals surface area contributed by atoms with Crippen LogP contribution >= 0.6 is 22.7 Å². The number of benzene rings is 2. The number of nitrogens with one attached hydrogen (secondary N) is 2. The molecule has 3 heterocycles. The van der Waals surface area contributed by atoms with Crippen LogP contribution in [0.3, 0.4) is 0 Å². The van der Waals surface area contributed by atoms with Crippen molar-refractivity contribution in [1.29, 1.82) is 0 Å². The van der Waals surface area contributed by atoms with E-state index in [4.69, 9.17) is 9.47 Å². The van der Waals surface area contributed by atoms with Gasteiger partial charge in [0.15, 0.2) is 11.5 Å². The highest BCUT2D eigenvalue weighted by Crippen LogP contribution is 2.34. The lowest BCUT2D eigenvalue weighted by Gasteiger charge is -2.11. The third-order valence-electron chi connectivity index (χ3n) is 4.56. The maximum atomic E-state index is 12.9. The normalized spacial score (nSPS) is 11.9. The van der Waals surface area contributed by atoms with E-state index in [9.17, 15) is 9.59 Å². The van der Waals surface area contributed by atoms with Gasteiger partial charge >= 0.3 is 0 Å². The zero-order valence-corrected chi connectivity index (χ0v) is 17.6. The lowest BCUT2D eigenvalue weighted by atomic mass is 10.1. The molecule has 2 aromatic carbocycles. The zero-order valence-electron chi connectivity index (χ0n) is 16.0. The Morgan fingerprint density at radius 2 is 1.81 bits per heavy atom. The fourth-order valence-electron chi connectivity index (χ4n) is 3.05. The smallest absolute Gasteiger partial charge is 0.275 e. The number of nitrogens with zero attached hydrogens (tertiary/aromatic N) is 1. The predicted octanol–water partition coefficient (Wildman–Crippen LogP) is 5.10. The molecule has 1 aliphatic heterocycles. The largest absolute Gasteiger partial charge is 0.454 e. The molecule has 0 bridgehead atoms. The van der Waals surface area contributed by atoms with Gasteiger partial charge in [-0.1, -0.05) is 12.1 Å². The molecule has 0 atom stereocenters. The summed E-state index contributed by atoms with van der Waals surface area (Å²) in [6.07, 6.45) is 0. The highest BCUT2D eigenvalue weighted by atomic mass is 32.1. The molecular formula is C22H15N3O4S2. The van der Waals surface area contributed by atoms with Crippen LogP contribution in [0.1, 0.15) is 20.8 Å². The number of aromatic nitrogens is 1. The van der Waals surface area contributed by atoms with E-state index in [0.29, 0.717) is 34.1 Å². The summed E-state index contributed by atoms with van der Waals surface area (Å²) in [7, 11) is 0. The average Bonchev–Trinajstić information content (AvgIpc) is 3.54. The third kappa shape index (κ3) is 4.00. The van der Waals surface area contributed by atoms with Crippen molar-refractivity contribution < 1.29 is 19.1 Å². The van der Waals surface area contributed by atoms with Crippen molar-refractivity contribution in [2.75, 3.05) is 17.4 Å². The van der Waals surface area contributed by atoms with Gasteiger partial charge in [0.1, 0.15) is 10.7 Å². The Morgan fingerprint density at radius 1 is 0.935 bits per heavy atom. The average molecular weight is 450 g/mol. The van der Waals surface area contributed by atoms with Gasteiger partial charge in [-0.05, 0) is 35.7 Å². The molecule has 0 spiro atoms. The second-order valence-electron chi connectivity index (χ2n) is 6.57. The van der Waals surface area contributed by atoms with Crippen molar-refractivity contribution in [3.63, 3.8) is 0 Å². The molecule has 9 heteroatoms. The van der Waals surface area contributed by atoms with Gasteiger partial charge in [0.2, 0.25) is 6.79 Å². The van der Waals surface area contributed by atoms with Crippen LogP contribution in [0.2, 0.25) is 0 Å². The van der Waals surface area contributed by atoms with Crippen molar-refractivity contribution in [3.05, 3.63) is 75.9 Å². The Hall–Kier alpha value is -3.69. The molecule has 0 aliphatic carbocycles. The first-order valence-corrected chi connectivity index (χ1v) is 11.1. The van der Waals surface area contributed by atoms with Gasteiger partial charge in [-0.2, -0.15) is 11.3 Å². The minimum Gasteiger partial charge on any atom is -0.454 e. The summed E-state index contributed by atoms with van der Waals surface area (Å²) in [5.74, 6) is 0.480. The number of anilines is 2. The fraction of sp³-hybridized carbons (Fsp3) is 0.0455. The van der Waals surface area contributed by atoms with Gasteiger partial charge in [-0.15, -0.1) is 11.3 Å². The number of carbonyl (C=O) groups excluding carboxylic acids is 2. The molecule has 2 aromatic heterocycles. The molecule has 5 rings (SSSR count). The van der Waals surface area contributed by atoms with E-state index in [1.807, 2.05) is 16.8 Å². The highest BCUT2D eigenvalue weighted by Gasteiger charge is 2.18. The van der Waals surface area contributed by atoms with E-state index in [-0.39, 0.29) is 18.6 Å². The Bertz CT molecular complexity index is 1270. The van der Waals surface area contributed by atoms with Crippen molar-refractivity contribution >= 4 is 45.9 Å². The summed E-state index contributed by atoms with van der Waals surface area (Å²) >= 11 is 2.98. The number of carbonyl (C=O) groups is 2. The summed E-state index contributed by atoms with van der Waals surface area (Å²) in [4.78, 5) is 30.0. The Labute approximate surface area is 185 Å². The van der Waals surface area contributed by atoms with E-state index in [1.165, 1.54) is 11.3 Å². The van der Waals surface area contributed by atoms with Crippen molar-refractivity contribution in [2.45, 2.75) is 0 Å². The van der Waals surface area contributed by atoms with Gasteiger partial charge in [0.25, 0.3) is 11.8 Å². The van der Waals surface area contributed by atoms with E-state index in [1.54, 1.807) is 59.2 Å². The van der Waals surface area contributed by atoms with Crippen LogP contribution in [0.25, 0.3) is 10.6 Å². The molecule has 0 radical (unpaired) electrons. The first-order valence-electron chi connectivity index (χ1n) is 9.27. The zero-order chi connectivity index (χ0) is 21.2. The molecular weight excluding hydrogens is 434 g/mol. The standard InChI is InChI=1S/C22H15N3O4S2/c26-20(23-14-5-6-18-19(9-14)29-12-28-18)15-3-1-2-4-16(15)24-21(27)17-11-31-22(25-17)13-7-8-30-10-13/h1-11H,12H2,(H,23,26)(H,24,27). The third-order valence-corrected chi connectivity index (χ3v) is 6.13. The van der Waals surface area contributed by atoms with Crippen LogP contribution in [0.15, 0.2) is 64.7 Å². The summed E-state index contributed by atoms with van der Waals surface area (Å²) in [6, 6.07) is 13.9. The van der Waals surface area contributed by atoms with Crippen molar-refractivity contribution in [2.24, 2.45) is 0 Å². The monoisotopic (exact) mass is 449 g/mol. The van der Waals surface area contributed by atoms with Crippen LogP contribution in [-0.4, -0.2) is 23.6 Å². The van der Waals surface area contributed by atoms with Gasteiger partial charge in [-0.3, -0.25) is 9.59 Å². The van der Waals surface area contributed by atoms with E-state index in [2.05, 4.69) is 15.6 Å². The molecule has 4 aromatic rings. The van der Waals surface area contributed by atoms with Crippen molar-refractivity contribution in [1.82, 2.24) is 4.98 Å². The Morgan fingerprint density at radius 3 is 2.68 bits per heavy atom. The summed E-state index contributed by atoms with van der Waals surface area (Å²) in [5, 5.41) is 12.1. The molecule has 7 nitrogen and oxygen atoms in total. The maximum absolute atomic E-state index is 12.9. The minimum absolute atomic E-state index is 0.159. The van der Waals surface area contributed by atoms with E-state index in [0.717, 1.165) is 10.6 Å². The number of para-hydroxylation sites is 1. The van der Waals surface area contributed by atoms with Gasteiger partial charge in [0, 0.05) is 28.1 Å². The molecule has 0 saturated heterocycles. The number of fused-ring (bicyclic) bond motifs is 1. The SMILES string of the molecule is O=C(Nc1ccccc1C(=O)Nc1ccc2c(c1)OCO2)c1csc(-c2ccsc2)n1. The first kappa shape index (κ1) is 19.3. The number of ether oxygens (including phenoxy) is 2. The second-order valence-corrected chi connectivity index (χ2v) is 8.21. The molecule has 154 valence electrons. The lowest BCUT2D eigenvalue weighted by molar-refractivity contribution is 0.102. The molecule has 2 N–H and O–H groups in total. The van der Waals surface area contributed by atoms with Crippen LogP contribution < -0.4 is 20.1 Å². The van der Waals surface area contributed by atoms with Gasteiger partial charge in [-0.25, -0.2) is 4.98 Å². The van der Waals surface area contributed by atoms with E-state index >= 15 is 0 Å². The number of amides is 2. The van der Waals surface area contributed by atoms with Crippen LogP contribution in [0.5, 0.6) is 11.5 Å². The molecule has 0 unspecified atom stereocenters. The van der Waals surface area contributed by atoms with Gasteiger partial charge < -0.3 is 20.1 Å².